The largest absolute Gasteiger partial charge is 0.462 e. The van der Waals surface area contributed by atoms with E-state index in [1.807, 2.05) is 12.2 Å². The van der Waals surface area contributed by atoms with E-state index in [4.69, 9.17) is 14.2 Å². The number of allylic oxidation sites excluding steroid dienone is 16. The van der Waals surface area contributed by atoms with Gasteiger partial charge in [-0.1, -0.05) is 214 Å². The molecule has 0 aromatic heterocycles. The summed E-state index contributed by atoms with van der Waals surface area (Å²) in [5.74, 6) is -1.01. The van der Waals surface area contributed by atoms with Crippen LogP contribution in [-0.2, 0) is 28.6 Å². The lowest BCUT2D eigenvalue weighted by molar-refractivity contribution is -0.166. The third-order valence-corrected chi connectivity index (χ3v) is 11.3. The fourth-order valence-corrected chi connectivity index (χ4v) is 7.22. The van der Waals surface area contributed by atoms with Gasteiger partial charge in [0.25, 0.3) is 0 Å². The van der Waals surface area contributed by atoms with Crippen molar-refractivity contribution in [1.82, 2.24) is 0 Å². The number of carbonyl (C=O) groups is 3. The highest BCUT2D eigenvalue weighted by Gasteiger charge is 2.19. The van der Waals surface area contributed by atoms with Crippen molar-refractivity contribution in [2.75, 3.05) is 13.2 Å². The number of rotatable bonds is 48. The standard InChI is InChI=1S/C60H100O6/c1-4-7-10-13-16-19-22-25-27-29-30-31-33-35-38-41-44-47-50-53-59(62)65-56-57(55-64-58(61)52-49-46-43-40-37-34-24-21-18-15-12-9-6-3)66-60(63)54-51-48-45-42-39-36-32-28-26-23-20-17-14-11-8-5-2/h9,12,16,18-21,23,25,27-28,32,34,37,43,46,57H,4-8,10-11,13-15,17,22,24,26,29-31,33,35-36,38-42,44-45,47-56H2,1-3H3/b12-9-,19-16-,21-18-,23-20-,27-25-,32-28-,37-34-,46-43-. The summed E-state index contributed by atoms with van der Waals surface area (Å²) in [7, 11) is 0. The quantitative estimate of drug-likeness (QED) is 0.0262. The van der Waals surface area contributed by atoms with Crippen LogP contribution in [0.25, 0.3) is 0 Å². The minimum atomic E-state index is -0.816. The molecule has 6 nitrogen and oxygen atoms in total. The Morgan fingerprint density at radius 1 is 0.318 bits per heavy atom. The Morgan fingerprint density at radius 2 is 0.621 bits per heavy atom. The van der Waals surface area contributed by atoms with Crippen molar-refractivity contribution in [3.8, 4) is 0 Å². The van der Waals surface area contributed by atoms with E-state index in [1.165, 1.54) is 103 Å². The number of unbranched alkanes of at least 4 members (excludes halogenated alkanes) is 21. The van der Waals surface area contributed by atoms with Gasteiger partial charge in [0.1, 0.15) is 13.2 Å². The van der Waals surface area contributed by atoms with Crippen LogP contribution in [0.3, 0.4) is 0 Å². The predicted molar refractivity (Wildman–Crippen MR) is 284 cm³/mol. The zero-order chi connectivity index (χ0) is 47.9. The van der Waals surface area contributed by atoms with E-state index in [0.29, 0.717) is 19.3 Å². The van der Waals surface area contributed by atoms with Crippen LogP contribution in [0.5, 0.6) is 0 Å². The van der Waals surface area contributed by atoms with Crippen LogP contribution in [0, 0.1) is 0 Å². The first-order valence-electron chi connectivity index (χ1n) is 27.2. The summed E-state index contributed by atoms with van der Waals surface area (Å²) in [5.41, 5.74) is 0. The molecule has 0 aromatic carbocycles. The number of hydrogen-bond acceptors (Lipinski definition) is 6. The monoisotopic (exact) mass is 917 g/mol. The zero-order valence-electron chi connectivity index (χ0n) is 42.9. The van der Waals surface area contributed by atoms with Crippen molar-refractivity contribution in [3.05, 3.63) is 97.2 Å². The van der Waals surface area contributed by atoms with Crippen LogP contribution < -0.4 is 0 Å². The molecule has 0 aromatic rings. The molecule has 1 unspecified atom stereocenters. The summed E-state index contributed by atoms with van der Waals surface area (Å²) in [6, 6.07) is 0. The summed E-state index contributed by atoms with van der Waals surface area (Å²) in [6.07, 6.45) is 71.2. The average Bonchev–Trinajstić information content (AvgIpc) is 3.31. The molecule has 0 saturated carbocycles. The predicted octanol–water partition coefficient (Wildman–Crippen LogP) is 18.1. The lowest BCUT2D eigenvalue weighted by Gasteiger charge is -2.18. The Kier molecular flexibility index (Phi) is 50.9. The summed E-state index contributed by atoms with van der Waals surface area (Å²) in [4.78, 5) is 38.0. The third-order valence-electron chi connectivity index (χ3n) is 11.3. The number of hydrogen-bond donors (Lipinski definition) is 0. The second-order valence-corrected chi connectivity index (χ2v) is 17.7. The molecule has 0 aliphatic heterocycles. The molecule has 0 N–H and O–H groups in total. The highest BCUT2D eigenvalue weighted by atomic mass is 16.6. The molecular formula is C60H100O6. The van der Waals surface area contributed by atoms with E-state index < -0.39 is 6.10 Å². The minimum Gasteiger partial charge on any atom is -0.462 e. The number of esters is 3. The molecule has 0 aliphatic rings. The van der Waals surface area contributed by atoms with Crippen LogP contribution in [0.4, 0.5) is 0 Å². The van der Waals surface area contributed by atoms with Crippen molar-refractivity contribution < 1.29 is 28.6 Å². The summed E-state index contributed by atoms with van der Waals surface area (Å²) in [6.45, 7) is 6.40. The van der Waals surface area contributed by atoms with E-state index in [1.54, 1.807) is 0 Å². The van der Waals surface area contributed by atoms with Crippen LogP contribution >= 0.6 is 0 Å². The minimum absolute atomic E-state index is 0.108. The maximum absolute atomic E-state index is 12.8. The van der Waals surface area contributed by atoms with E-state index in [9.17, 15) is 14.4 Å². The van der Waals surface area contributed by atoms with E-state index in [2.05, 4.69) is 106 Å². The molecule has 0 saturated heterocycles. The van der Waals surface area contributed by atoms with Gasteiger partial charge >= 0.3 is 17.9 Å². The first kappa shape index (κ1) is 62.3. The van der Waals surface area contributed by atoms with Gasteiger partial charge in [-0.05, 0) is 109 Å². The van der Waals surface area contributed by atoms with Gasteiger partial charge in [0.15, 0.2) is 6.10 Å². The molecule has 376 valence electrons. The Morgan fingerprint density at radius 3 is 1.05 bits per heavy atom. The lowest BCUT2D eigenvalue weighted by Crippen LogP contribution is -2.30. The second kappa shape index (κ2) is 53.9. The van der Waals surface area contributed by atoms with Crippen LogP contribution in [0.1, 0.15) is 245 Å². The molecule has 0 radical (unpaired) electrons. The van der Waals surface area contributed by atoms with Crippen molar-refractivity contribution in [1.29, 1.82) is 0 Å². The van der Waals surface area contributed by atoms with Crippen LogP contribution in [0.2, 0.25) is 0 Å². The fourth-order valence-electron chi connectivity index (χ4n) is 7.22. The summed E-state index contributed by atoms with van der Waals surface area (Å²) in [5, 5.41) is 0. The van der Waals surface area contributed by atoms with Gasteiger partial charge in [-0.2, -0.15) is 0 Å². The molecular weight excluding hydrogens is 817 g/mol. The molecule has 0 bridgehead atoms. The molecule has 0 amide bonds. The van der Waals surface area contributed by atoms with Crippen molar-refractivity contribution in [2.45, 2.75) is 252 Å². The maximum Gasteiger partial charge on any atom is 0.306 e. The molecule has 0 rings (SSSR count). The lowest BCUT2D eigenvalue weighted by atomic mass is 10.1. The smallest absolute Gasteiger partial charge is 0.306 e. The molecule has 6 heteroatoms. The molecule has 0 fully saturated rings. The summed E-state index contributed by atoms with van der Waals surface area (Å²) >= 11 is 0. The highest BCUT2D eigenvalue weighted by Crippen LogP contribution is 2.14. The van der Waals surface area contributed by atoms with Gasteiger partial charge in [0.2, 0.25) is 0 Å². The van der Waals surface area contributed by atoms with Crippen LogP contribution in [-0.4, -0.2) is 37.2 Å². The van der Waals surface area contributed by atoms with Gasteiger partial charge in [-0.25, -0.2) is 0 Å². The van der Waals surface area contributed by atoms with E-state index in [-0.39, 0.29) is 37.5 Å². The average molecular weight is 917 g/mol. The molecule has 0 aliphatic carbocycles. The summed E-state index contributed by atoms with van der Waals surface area (Å²) < 4.78 is 16.7. The molecule has 0 spiro atoms. The zero-order valence-corrected chi connectivity index (χ0v) is 42.9. The van der Waals surface area contributed by atoms with Crippen LogP contribution in [0.15, 0.2) is 97.2 Å². The fraction of sp³-hybridized carbons (Fsp3) is 0.683. The normalized spacial score (nSPS) is 12.8. The topological polar surface area (TPSA) is 78.9 Å². The Bertz CT molecular complexity index is 1330. The van der Waals surface area contributed by atoms with Gasteiger partial charge in [-0.3, -0.25) is 14.4 Å². The highest BCUT2D eigenvalue weighted by molar-refractivity contribution is 5.71. The molecule has 1 atom stereocenters. The first-order valence-corrected chi connectivity index (χ1v) is 27.2. The Labute approximate surface area is 407 Å². The van der Waals surface area contributed by atoms with Crippen molar-refractivity contribution in [3.63, 3.8) is 0 Å². The molecule has 66 heavy (non-hydrogen) atoms. The van der Waals surface area contributed by atoms with Gasteiger partial charge in [-0.15, -0.1) is 0 Å². The Hall–Kier alpha value is -3.67. The van der Waals surface area contributed by atoms with E-state index in [0.717, 1.165) is 96.3 Å². The SMILES string of the molecule is CC/C=C\C/C=C\C/C=C\C/C=C\CCC(=O)OCC(COC(=O)CCCCCCCCCCC/C=C\C/C=C\CCCCC)OC(=O)CCCCCCC/C=C\C/C=C\CCCCCC. The maximum atomic E-state index is 12.8. The van der Waals surface area contributed by atoms with Gasteiger partial charge in [0.05, 0.1) is 0 Å². The van der Waals surface area contributed by atoms with Gasteiger partial charge < -0.3 is 14.2 Å². The number of carbonyl (C=O) groups excluding carboxylic acids is 3. The van der Waals surface area contributed by atoms with Crippen molar-refractivity contribution in [2.24, 2.45) is 0 Å². The van der Waals surface area contributed by atoms with Crippen molar-refractivity contribution >= 4 is 17.9 Å². The molecule has 0 heterocycles. The first-order chi connectivity index (χ1) is 32.5. The third kappa shape index (κ3) is 51.3. The Balaban J connectivity index is 4.47. The van der Waals surface area contributed by atoms with Gasteiger partial charge in [0, 0.05) is 19.3 Å². The number of ether oxygens (including phenoxy) is 3. The second-order valence-electron chi connectivity index (χ2n) is 17.7. The van der Waals surface area contributed by atoms with E-state index >= 15 is 0 Å².